The van der Waals surface area contributed by atoms with Crippen LogP contribution in [-0.2, 0) is 0 Å². The first-order valence-corrected chi connectivity index (χ1v) is 9.04. The number of piperazine rings is 1. The monoisotopic (exact) mass is 310 g/mol. The number of aromatic nitrogens is 1. The first kappa shape index (κ1) is 16.7. The normalized spacial score (nSPS) is 21.8. The van der Waals surface area contributed by atoms with Crippen LogP contribution in [0.25, 0.3) is 0 Å². The molecule has 1 saturated heterocycles. The molecule has 0 aliphatic carbocycles. The highest BCUT2D eigenvalue weighted by molar-refractivity contribution is 7.15. The summed E-state index contributed by atoms with van der Waals surface area (Å²) < 4.78 is 0. The molecule has 0 saturated carbocycles. The van der Waals surface area contributed by atoms with Gasteiger partial charge in [0.2, 0.25) is 0 Å². The summed E-state index contributed by atoms with van der Waals surface area (Å²) in [4.78, 5) is 11.2. The first-order valence-electron chi connectivity index (χ1n) is 8.22. The Bertz CT molecular complexity index is 445. The van der Waals surface area contributed by atoms with Gasteiger partial charge in [0, 0.05) is 36.6 Å². The summed E-state index contributed by atoms with van der Waals surface area (Å²) in [5.41, 5.74) is 1.19. The standard InChI is InChI=1S/C16H30N4S/c1-6-8-17-12(3)15-13(4)18-16(21-15)20-10-9-19(5)14(7-2)11-20/h12,14,17H,6-11H2,1-5H3. The maximum absolute atomic E-state index is 4.84. The van der Waals surface area contributed by atoms with E-state index in [2.05, 4.69) is 49.9 Å². The van der Waals surface area contributed by atoms with Gasteiger partial charge in [-0.2, -0.15) is 0 Å². The highest BCUT2D eigenvalue weighted by Crippen LogP contribution is 2.32. The predicted octanol–water partition coefficient (Wildman–Crippen LogP) is 3.04. The number of hydrogen-bond donors (Lipinski definition) is 1. The van der Waals surface area contributed by atoms with E-state index >= 15 is 0 Å². The third-order valence-corrected chi connectivity index (χ3v) is 5.83. The minimum absolute atomic E-state index is 0.408. The number of anilines is 1. The van der Waals surface area contributed by atoms with Crippen LogP contribution >= 0.6 is 11.3 Å². The maximum atomic E-state index is 4.84. The minimum Gasteiger partial charge on any atom is -0.345 e. The molecule has 1 aliphatic rings. The third kappa shape index (κ3) is 3.96. The summed E-state index contributed by atoms with van der Waals surface area (Å²) in [6.07, 6.45) is 2.38. The number of likely N-dealkylation sites (N-methyl/N-ethyl adjacent to an activating group) is 1. The quantitative estimate of drug-likeness (QED) is 0.875. The Balaban J connectivity index is 2.07. The van der Waals surface area contributed by atoms with Crippen LogP contribution in [0, 0.1) is 6.92 Å². The molecule has 0 aromatic carbocycles. The molecule has 0 spiro atoms. The fourth-order valence-electron chi connectivity index (χ4n) is 2.94. The van der Waals surface area contributed by atoms with E-state index in [0.717, 1.165) is 26.2 Å². The summed E-state index contributed by atoms with van der Waals surface area (Å²) in [5.74, 6) is 0. The van der Waals surface area contributed by atoms with Gasteiger partial charge < -0.3 is 10.2 Å². The molecule has 1 aromatic heterocycles. The SMILES string of the molecule is CCCNC(C)c1sc(N2CCN(C)C(CC)C2)nc1C. The zero-order chi connectivity index (χ0) is 15.4. The largest absolute Gasteiger partial charge is 0.345 e. The van der Waals surface area contributed by atoms with E-state index in [1.807, 2.05) is 11.3 Å². The zero-order valence-electron chi connectivity index (χ0n) is 14.1. The Labute approximate surface area is 133 Å². The Hall–Kier alpha value is -0.650. The van der Waals surface area contributed by atoms with E-state index in [0.29, 0.717) is 12.1 Å². The smallest absolute Gasteiger partial charge is 0.185 e. The number of nitrogens with zero attached hydrogens (tertiary/aromatic N) is 3. The Morgan fingerprint density at radius 3 is 2.81 bits per heavy atom. The lowest BCUT2D eigenvalue weighted by molar-refractivity contribution is 0.213. The number of hydrogen-bond acceptors (Lipinski definition) is 5. The van der Waals surface area contributed by atoms with Gasteiger partial charge in [0.15, 0.2) is 5.13 Å². The number of rotatable bonds is 6. The van der Waals surface area contributed by atoms with Crippen molar-refractivity contribution < 1.29 is 0 Å². The molecule has 0 bridgehead atoms. The molecule has 2 unspecified atom stereocenters. The Morgan fingerprint density at radius 1 is 1.38 bits per heavy atom. The summed E-state index contributed by atoms with van der Waals surface area (Å²) in [5, 5.41) is 4.78. The molecule has 1 aromatic rings. The van der Waals surface area contributed by atoms with Crippen LogP contribution in [0.5, 0.6) is 0 Å². The van der Waals surface area contributed by atoms with Crippen LogP contribution in [0.3, 0.4) is 0 Å². The topological polar surface area (TPSA) is 31.4 Å². The van der Waals surface area contributed by atoms with Crippen LogP contribution in [0.2, 0.25) is 0 Å². The van der Waals surface area contributed by atoms with E-state index in [4.69, 9.17) is 4.98 Å². The van der Waals surface area contributed by atoms with Gasteiger partial charge >= 0.3 is 0 Å². The second kappa shape index (κ2) is 7.56. The third-order valence-electron chi connectivity index (χ3n) is 4.43. The van der Waals surface area contributed by atoms with Crippen molar-refractivity contribution in [2.75, 3.05) is 38.1 Å². The molecule has 4 nitrogen and oxygen atoms in total. The number of thiazole rings is 1. The molecule has 1 N–H and O–H groups in total. The fourth-order valence-corrected chi connectivity index (χ4v) is 4.07. The number of aryl methyl sites for hydroxylation is 1. The zero-order valence-corrected chi connectivity index (χ0v) is 15.0. The van der Waals surface area contributed by atoms with E-state index in [1.165, 1.54) is 28.5 Å². The summed E-state index contributed by atoms with van der Waals surface area (Å²) in [6.45, 7) is 13.3. The molecule has 2 atom stereocenters. The molecule has 0 amide bonds. The number of nitrogens with one attached hydrogen (secondary N) is 1. The van der Waals surface area contributed by atoms with Gasteiger partial charge in [0.05, 0.1) is 5.69 Å². The molecule has 0 radical (unpaired) electrons. The highest BCUT2D eigenvalue weighted by atomic mass is 32.1. The van der Waals surface area contributed by atoms with Gasteiger partial charge in [-0.3, -0.25) is 4.90 Å². The fraction of sp³-hybridized carbons (Fsp3) is 0.812. The molecule has 5 heteroatoms. The van der Waals surface area contributed by atoms with Gasteiger partial charge in [-0.1, -0.05) is 13.8 Å². The summed E-state index contributed by atoms with van der Waals surface area (Å²) in [6, 6.07) is 1.06. The van der Waals surface area contributed by atoms with Crippen molar-refractivity contribution >= 4 is 16.5 Å². The summed E-state index contributed by atoms with van der Waals surface area (Å²) in [7, 11) is 2.24. The van der Waals surface area contributed by atoms with Crippen molar-refractivity contribution in [3.8, 4) is 0 Å². The lowest BCUT2D eigenvalue weighted by atomic mass is 10.1. The molecule has 120 valence electrons. The van der Waals surface area contributed by atoms with Crippen molar-refractivity contribution in [3.63, 3.8) is 0 Å². The first-order chi connectivity index (χ1) is 10.1. The lowest BCUT2D eigenvalue weighted by Crippen LogP contribution is -2.51. The second-order valence-corrected chi connectivity index (χ2v) is 7.12. The Morgan fingerprint density at radius 2 is 2.14 bits per heavy atom. The minimum atomic E-state index is 0.408. The van der Waals surface area contributed by atoms with E-state index in [9.17, 15) is 0 Å². The molecular formula is C16H30N4S. The average Bonchev–Trinajstić information content (AvgIpc) is 2.87. The van der Waals surface area contributed by atoms with E-state index < -0.39 is 0 Å². The van der Waals surface area contributed by atoms with Crippen LogP contribution in [0.15, 0.2) is 0 Å². The van der Waals surface area contributed by atoms with Gasteiger partial charge in [0.1, 0.15) is 0 Å². The van der Waals surface area contributed by atoms with Crippen molar-refractivity contribution in [1.29, 1.82) is 0 Å². The predicted molar refractivity (Wildman–Crippen MR) is 92.5 cm³/mol. The van der Waals surface area contributed by atoms with Gasteiger partial charge in [0.25, 0.3) is 0 Å². The van der Waals surface area contributed by atoms with Crippen molar-refractivity contribution in [2.24, 2.45) is 0 Å². The van der Waals surface area contributed by atoms with Gasteiger partial charge in [-0.05, 0) is 40.3 Å². The van der Waals surface area contributed by atoms with Crippen molar-refractivity contribution in [1.82, 2.24) is 15.2 Å². The summed E-state index contributed by atoms with van der Waals surface area (Å²) >= 11 is 1.87. The molecule has 1 fully saturated rings. The van der Waals surface area contributed by atoms with Crippen LogP contribution < -0.4 is 10.2 Å². The lowest BCUT2D eigenvalue weighted by Gasteiger charge is -2.39. The van der Waals surface area contributed by atoms with Crippen molar-refractivity contribution in [2.45, 2.75) is 52.6 Å². The second-order valence-electron chi connectivity index (χ2n) is 6.11. The average molecular weight is 311 g/mol. The highest BCUT2D eigenvalue weighted by Gasteiger charge is 2.26. The molecular weight excluding hydrogens is 280 g/mol. The van der Waals surface area contributed by atoms with Gasteiger partial charge in [-0.15, -0.1) is 11.3 Å². The van der Waals surface area contributed by atoms with Crippen LogP contribution in [0.1, 0.15) is 50.2 Å². The Kier molecular flexibility index (Phi) is 6.02. The van der Waals surface area contributed by atoms with Crippen LogP contribution in [0.4, 0.5) is 5.13 Å². The molecule has 2 rings (SSSR count). The van der Waals surface area contributed by atoms with Crippen molar-refractivity contribution in [3.05, 3.63) is 10.6 Å². The maximum Gasteiger partial charge on any atom is 0.185 e. The molecule has 2 heterocycles. The van der Waals surface area contributed by atoms with Crippen LogP contribution in [-0.4, -0.2) is 49.2 Å². The molecule has 21 heavy (non-hydrogen) atoms. The van der Waals surface area contributed by atoms with E-state index in [-0.39, 0.29) is 0 Å². The van der Waals surface area contributed by atoms with Gasteiger partial charge in [-0.25, -0.2) is 4.98 Å². The van der Waals surface area contributed by atoms with E-state index in [1.54, 1.807) is 0 Å². The molecule has 1 aliphatic heterocycles.